The molecule has 140 valence electrons. The van der Waals surface area contributed by atoms with E-state index in [9.17, 15) is 14.8 Å². The highest BCUT2D eigenvalue weighted by molar-refractivity contribution is 7.22. The number of anilines is 1. The van der Waals surface area contributed by atoms with E-state index in [2.05, 4.69) is 4.98 Å². The van der Waals surface area contributed by atoms with Crippen LogP contribution in [0.1, 0.15) is 33.6 Å². The molecule has 2 heterocycles. The van der Waals surface area contributed by atoms with Crippen LogP contribution in [0.25, 0.3) is 10.2 Å². The number of rotatable bonds is 2. The summed E-state index contributed by atoms with van der Waals surface area (Å²) in [6, 6.07) is 7.49. The van der Waals surface area contributed by atoms with Crippen molar-refractivity contribution in [2.45, 2.75) is 39.2 Å². The molecule has 1 aliphatic rings. The summed E-state index contributed by atoms with van der Waals surface area (Å²) in [5, 5.41) is 11.2. The number of hydrogen-bond donors (Lipinski definition) is 1. The number of thiazole rings is 1. The van der Waals surface area contributed by atoms with Gasteiger partial charge in [0.15, 0.2) is 0 Å². The lowest BCUT2D eigenvalue weighted by atomic mass is 9.96. The van der Waals surface area contributed by atoms with Gasteiger partial charge in [0.1, 0.15) is 5.60 Å². The number of para-hydroxylation sites is 1. The highest BCUT2D eigenvalue weighted by Crippen LogP contribution is 2.30. The maximum Gasteiger partial charge on any atom is 0.410 e. The van der Waals surface area contributed by atoms with Crippen molar-refractivity contribution in [1.82, 2.24) is 9.88 Å². The molecule has 0 radical (unpaired) electrons. The maximum absolute atomic E-state index is 12.6. The van der Waals surface area contributed by atoms with Gasteiger partial charge in [-0.25, -0.2) is 9.78 Å². The topological polar surface area (TPSA) is 83.0 Å². The molecule has 26 heavy (non-hydrogen) atoms. The van der Waals surface area contributed by atoms with E-state index in [0.717, 1.165) is 10.2 Å². The predicted octanol–water partition coefficient (Wildman–Crippen LogP) is 3.67. The molecule has 1 N–H and O–H groups in total. The molecule has 1 aromatic heterocycles. The zero-order valence-electron chi connectivity index (χ0n) is 15.1. The Morgan fingerprint density at radius 2 is 1.92 bits per heavy atom. The van der Waals surface area contributed by atoms with Crippen molar-refractivity contribution < 1.29 is 19.5 Å². The van der Waals surface area contributed by atoms with Crippen LogP contribution in [-0.4, -0.2) is 45.8 Å². The zero-order valence-corrected chi connectivity index (χ0v) is 16.0. The first-order valence-electron chi connectivity index (χ1n) is 8.61. The van der Waals surface area contributed by atoms with Gasteiger partial charge in [0, 0.05) is 19.0 Å². The molecule has 0 saturated carbocycles. The summed E-state index contributed by atoms with van der Waals surface area (Å²) in [5.41, 5.74) is 0.206. The number of aromatic nitrogens is 1. The first-order valence-corrected chi connectivity index (χ1v) is 9.42. The van der Waals surface area contributed by atoms with Crippen LogP contribution in [0, 0.1) is 5.92 Å². The number of hydroxylamine groups is 1. The molecule has 0 atom stereocenters. The average molecular weight is 377 g/mol. The molecular weight excluding hydrogens is 354 g/mol. The predicted molar refractivity (Wildman–Crippen MR) is 99.4 cm³/mol. The first-order chi connectivity index (χ1) is 12.2. The minimum atomic E-state index is -0.543. The monoisotopic (exact) mass is 377 g/mol. The van der Waals surface area contributed by atoms with E-state index in [1.807, 2.05) is 45.0 Å². The Bertz CT molecular complexity index is 773. The van der Waals surface area contributed by atoms with Crippen molar-refractivity contribution in [3.8, 4) is 0 Å². The number of carbonyl (C=O) groups excluding carboxylic acids is 2. The quantitative estimate of drug-likeness (QED) is 0.638. The molecule has 1 fully saturated rings. The van der Waals surface area contributed by atoms with E-state index in [1.54, 1.807) is 4.90 Å². The molecule has 2 amide bonds. The summed E-state index contributed by atoms with van der Waals surface area (Å²) in [7, 11) is 0. The molecule has 1 aromatic carbocycles. The fourth-order valence-electron chi connectivity index (χ4n) is 2.85. The molecule has 8 heteroatoms. The lowest BCUT2D eigenvalue weighted by molar-refractivity contribution is -0.129. The van der Waals surface area contributed by atoms with Crippen LogP contribution in [0.5, 0.6) is 0 Å². The van der Waals surface area contributed by atoms with Gasteiger partial charge in [0.05, 0.1) is 10.2 Å². The van der Waals surface area contributed by atoms with Crippen LogP contribution >= 0.6 is 11.3 Å². The number of nitrogens with zero attached hydrogens (tertiary/aromatic N) is 3. The molecular formula is C18H23N3O4S. The summed E-state index contributed by atoms with van der Waals surface area (Å²) < 4.78 is 6.27. The largest absolute Gasteiger partial charge is 0.444 e. The summed E-state index contributed by atoms with van der Waals surface area (Å²) in [6.07, 6.45) is 0.607. The van der Waals surface area contributed by atoms with Gasteiger partial charge in [0.25, 0.3) is 5.91 Å². The lowest BCUT2D eigenvalue weighted by Crippen LogP contribution is -2.45. The van der Waals surface area contributed by atoms with Gasteiger partial charge in [-0.2, -0.15) is 5.06 Å². The minimum Gasteiger partial charge on any atom is -0.444 e. The van der Waals surface area contributed by atoms with Crippen molar-refractivity contribution in [2.75, 3.05) is 18.2 Å². The Morgan fingerprint density at radius 3 is 2.54 bits per heavy atom. The van der Waals surface area contributed by atoms with Crippen molar-refractivity contribution in [1.29, 1.82) is 0 Å². The number of carbonyl (C=O) groups is 2. The van der Waals surface area contributed by atoms with E-state index in [-0.39, 0.29) is 23.0 Å². The second-order valence-electron chi connectivity index (χ2n) is 7.36. The number of hydrogen-bond acceptors (Lipinski definition) is 6. The van der Waals surface area contributed by atoms with Crippen LogP contribution in [0.4, 0.5) is 9.93 Å². The molecule has 0 spiro atoms. The summed E-state index contributed by atoms with van der Waals surface area (Å²) in [4.78, 5) is 30.6. The van der Waals surface area contributed by atoms with E-state index >= 15 is 0 Å². The van der Waals surface area contributed by atoms with Gasteiger partial charge < -0.3 is 9.64 Å². The van der Waals surface area contributed by atoms with Gasteiger partial charge in [-0.15, -0.1) is 0 Å². The van der Waals surface area contributed by atoms with Crippen LogP contribution in [0.15, 0.2) is 24.3 Å². The summed E-state index contributed by atoms with van der Waals surface area (Å²) in [6.45, 7) is 6.33. The standard InChI is InChI=1S/C18H23N3O4S/c1-18(2,3)25-17(23)20-10-8-12(9-11-20)15(22)21(24)16-19-13-6-4-5-7-14(13)26-16/h4-7,12,24H,8-11H2,1-3H3. The zero-order chi connectivity index (χ0) is 18.9. The van der Waals surface area contributed by atoms with Crippen molar-refractivity contribution >= 4 is 38.7 Å². The SMILES string of the molecule is CC(C)(C)OC(=O)N1CCC(C(=O)N(O)c2nc3ccccc3s2)CC1. The molecule has 0 unspecified atom stereocenters. The van der Waals surface area contributed by atoms with Crippen LogP contribution in [0.3, 0.4) is 0 Å². The fourth-order valence-corrected chi connectivity index (χ4v) is 3.74. The fraction of sp³-hybridized carbons (Fsp3) is 0.500. The molecule has 1 aliphatic heterocycles. The first kappa shape index (κ1) is 18.6. The number of piperidine rings is 1. The van der Waals surface area contributed by atoms with Gasteiger partial charge in [-0.1, -0.05) is 23.5 Å². The van der Waals surface area contributed by atoms with Gasteiger partial charge in [0.2, 0.25) is 5.13 Å². The van der Waals surface area contributed by atoms with Crippen molar-refractivity contribution in [2.24, 2.45) is 5.92 Å². The Labute approximate surface area is 156 Å². The Morgan fingerprint density at radius 1 is 1.27 bits per heavy atom. The van der Waals surface area contributed by atoms with Gasteiger partial charge in [-0.05, 0) is 45.7 Å². The third-order valence-electron chi connectivity index (χ3n) is 4.17. The highest BCUT2D eigenvalue weighted by atomic mass is 32.1. The number of ether oxygens (including phenoxy) is 1. The van der Waals surface area contributed by atoms with E-state index in [0.29, 0.717) is 31.0 Å². The second kappa shape index (κ2) is 7.20. The molecule has 1 saturated heterocycles. The number of fused-ring (bicyclic) bond motifs is 1. The van der Waals surface area contributed by atoms with Crippen LogP contribution in [0.2, 0.25) is 0 Å². The lowest BCUT2D eigenvalue weighted by Gasteiger charge is -2.33. The third-order valence-corrected chi connectivity index (χ3v) is 5.18. The molecule has 7 nitrogen and oxygen atoms in total. The number of likely N-dealkylation sites (tertiary alicyclic amines) is 1. The maximum atomic E-state index is 12.6. The van der Waals surface area contributed by atoms with Crippen molar-refractivity contribution in [3.63, 3.8) is 0 Å². The van der Waals surface area contributed by atoms with Crippen molar-refractivity contribution in [3.05, 3.63) is 24.3 Å². The number of benzene rings is 1. The summed E-state index contributed by atoms with van der Waals surface area (Å²) >= 11 is 1.27. The molecule has 3 rings (SSSR count). The van der Waals surface area contributed by atoms with Crippen LogP contribution < -0.4 is 5.06 Å². The van der Waals surface area contributed by atoms with Gasteiger partial charge in [-0.3, -0.25) is 10.0 Å². The third kappa shape index (κ3) is 4.13. The average Bonchev–Trinajstić information content (AvgIpc) is 3.03. The molecule has 2 aromatic rings. The van der Waals surface area contributed by atoms with E-state index < -0.39 is 5.60 Å². The normalized spacial score (nSPS) is 15.9. The molecule has 0 bridgehead atoms. The molecule has 0 aliphatic carbocycles. The smallest absolute Gasteiger partial charge is 0.410 e. The number of amides is 2. The van der Waals surface area contributed by atoms with E-state index in [4.69, 9.17) is 4.74 Å². The Balaban J connectivity index is 1.60. The Kier molecular flexibility index (Phi) is 5.15. The van der Waals surface area contributed by atoms with Gasteiger partial charge >= 0.3 is 6.09 Å². The van der Waals surface area contributed by atoms with E-state index in [1.165, 1.54) is 11.3 Å². The summed E-state index contributed by atoms with van der Waals surface area (Å²) in [5.74, 6) is -0.724. The van der Waals surface area contributed by atoms with Crippen LogP contribution in [-0.2, 0) is 9.53 Å². The second-order valence-corrected chi connectivity index (χ2v) is 8.36. The Hall–Kier alpha value is -2.19. The minimum absolute atomic E-state index is 0.269. The highest BCUT2D eigenvalue weighted by Gasteiger charge is 2.33.